The van der Waals surface area contributed by atoms with Gasteiger partial charge in [-0.05, 0) is 12.8 Å². The Morgan fingerprint density at radius 2 is 2.31 bits per heavy atom. The normalized spacial score (nSPS) is 26.6. The molecule has 1 saturated heterocycles. The van der Waals surface area contributed by atoms with Gasteiger partial charge in [0.05, 0.1) is 19.1 Å². The minimum atomic E-state index is 0.184. The first-order valence-corrected chi connectivity index (χ1v) is 6.06. The fourth-order valence-electron chi connectivity index (χ4n) is 2.13. The second-order valence-corrected chi connectivity index (χ2v) is 4.58. The summed E-state index contributed by atoms with van der Waals surface area (Å²) in [5, 5.41) is 7.33. The predicted molar refractivity (Wildman–Crippen MR) is 57.2 cm³/mol. The van der Waals surface area contributed by atoms with Crippen molar-refractivity contribution in [2.45, 2.75) is 37.7 Å². The van der Waals surface area contributed by atoms with E-state index in [0.717, 1.165) is 37.8 Å². The molecule has 1 aliphatic heterocycles. The van der Waals surface area contributed by atoms with Crippen LogP contribution >= 0.6 is 0 Å². The summed E-state index contributed by atoms with van der Waals surface area (Å²) >= 11 is 0. The third-order valence-electron chi connectivity index (χ3n) is 3.36. The number of rotatable bonds is 3. The number of hydrogen-bond donors (Lipinski definition) is 1. The first-order chi connectivity index (χ1) is 7.92. The fraction of sp³-hybridized carbons (Fsp3) is 0.818. The highest BCUT2D eigenvalue weighted by Crippen LogP contribution is 2.34. The molecule has 0 radical (unpaired) electrons. The zero-order valence-corrected chi connectivity index (χ0v) is 9.32. The highest BCUT2D eigenvalue weighted by molar-refractivity contribution is 5.00. The molecule has 16 heavy (non-hydrogen) atoms. The van der Waals surface area contributed by atoms with Gasteiger partial charge in [-0.25, -0.2) is 0 Å². The fourth-order valence-corrected chi connectivity index (χ4v) is 2.13. The van der Waals surface area contributed by atoms with Gasteiger partial charge < -0.3 is 14.6 Å². The quantitative estimate of drug-likeness (QED) is 0.823. The van der Waals surface area contributed by atoms with Gasteiger partial charge in [-0.1, -0.05) is 11.6 Å². The van der Waals surface area contributed by atoms with Crippen LogP contribution in [0, 0.1) is 0 Å². The molecule has 88 valence electrons. The summed E-state index contributed by atoms with van der Waals surface area (Å²) in [5.41, 5.74) is 0. The average Bonchev–Trinajstić information content (AvgIpc) is 2.65. The van der Waals surface area contributed by atoms with Crippen molar-refractivity contribution in [2.24, 2.45) is 0 Å². The average molecular weight is 223 g/mol. The van der Waals surface area contributed by atoms with Gasteiger partial charge in [0.1, 0.15) is 0 Å². The number of nitrogens with zero attached hydrogens (tertiary/aromatic N) is 2. The van der Waals surface area contributed by atoms with E-state index in [1.807, 2.05) is 0 Å². The highest BCUT2D eigenvalue weighted by atomic mass is 16.5. The standard InChI is InChI=1S/C11H17N3O2/c1-2-8(3-1)11-13-10(16-14-11)6-9-7-12-4-5-15-9/h8-9,12H,1-7H2. The van der Waals surface area contributed by atoms with Crippen LogP contribution in [0.15, 0.2) is 4.52 Å². The van der Waals surface area contributed by atoms with Gasteiger partial charge in [-0.3, -0.25) is 0 Å². The first-order valence-electron chi connectivity index (χ1n) is 6.06. The minimum Gasteiger partial charge on any atom is -0.375 e. The molecule has 1 saturated carbocycles. The van der Waals surface area contributed by atoms with Crippen LogP contribution in [-0.2, 0) is 11.2 Å². The maximum atomic E-state index is 5.60. The Kier molecular flexibility index (Phi) is 2.88. The second-order valence-electron chi connectivity index (χ2n) is 4.58. The molecule has 1 aliphatic carbocycles. The Morgan fingerprint density at radius 3 is 3.00 bits per heavy atom. The largest absolute Gasteiger partial charge is 0.375 e. The van der Waals surface area contributed by atoms with Gasteiger partial charge in [0, 0.05) is 19.0 Å². The molecule has 0 bridgehead atoms. The lowest BCUT2D eigenvalue weighted by molar-refractivity contribution is 0.0246. The summed E-state index contributed by atoms with van der Waals surface area (Å²) in [4.78, 5) is 4.44. The Hall–Kier alpha value is -0.940. The summed E-state index contributed by atoms with van der Waals surface area (Å²) in [6.07, 6.45) is 4.63. The van der Waals surface area contributed by atoms with Crippen molar-refractivity contribution in [3.8, 4) is 0 Å². The van der Waals surface area contributed by atoms with Crippen molar-refractivity contribution in [1.29, 1.82) is 0 Å². The van der Waals surface area contributed by atoms with Gasteiger partial charge in [0.15, 0.2) is 5.82 Å². The molecule has 0 amide bonds. The van der Waals surface area contributed by atoms with Crippen molar-refractivity contribution in [1.82, 2.24) is 15.5 Å². The predicted octanol–water partition coefficient (Wildman–Crippen LogP) is 0.868. The molecule has 1 aromatic heterocycles. The van der Waals surface area contributed by atoms with Gasteiger partial charge in [0.2, 0.25) is 5.89 Å². The Morgan fingerprint density at radius 1 is 1.38 bits per heavy atom. The van der Waals surface area contributed by atoms with Crippen molar-refractivity contribution >= 4 is 0 Å². The first kappa shape index (κ1) is 10.2. The molecule has 1 unspecified atom stereocenters. The number of morpholine rings is 1. The van der Waals surface area contributed by atoms with Crippen LogP contribution in [0.1, 0.15) is 36.9 Å². The van der Waals surface area contributed by atoms with Crippen molar-refractivity contribution < 1.29 is 9.26 Å². The van der Waals surface area contributed by atoms with E-state index in [4.69, 9.17) is 9.26 Å². The summed E-state index contributed by atoms with van der Waals surface area (Å²) in [6.45, 7) is 2.59. The minimum absolute atomic E-state index is 0.184. The van der Waals surface area contributed by atoms with E-state index in [9.17, 15) is 0 Å². The molecule has 1 aromatic rings. The van der Waals surface area contributed by atoms with Crippen LogP contribution in [0.2, 0.25) is 0 Å². The molecule has 1 atom stereocenters. The topological polar surface area (TPSA) is 60.2 Å². The van der Waals surface area contributed by atoms with Crippen molar-refractivity contribution in [2.75, 3.05) is 19.7 Å². The summed E-state index contributed by atoms with van der Waals surface area (Å²) < 4.78 is 10.9. The van der Waals surface area contributed by atoms with Crippen LogP contribution in [0.3, 0.4) is 0 Å². The van der Waals surface area contributed by atoms with Crippen LogP contribution in [0.4, 0.5) is 0 Å². The van der Waals surface area contributed by atoms with Crippen LogP contribution in [-0.4, -0.2) is 35.9 Å². The molecule has 2 heterocycles. The van der Waals surface area contributed by atoms with Crippen LogP contribution < -0.4 is 5.32 Å². The highest BCUT2D eigenvalue weighted by Gasteiger charge is 2.25. The number of ether oxygens (including phenoxy) is 1. The Bertz CT molecular complexity index is 343. The van der Waals surface area contributed by atoms with Crippen molar-refractivity contribution in [3.63, 3.8) is 0 Å². The third-order valence-corrected chi connectivity index (χ3v) is 3.36. The van der Waals surface area contributed by atoms with Gasteiger partial charge in [-0.15, -0.1) is 0 Å². The maximum absolute atomic E-state index is 5.60. The van der Waals surface area contributed by atoms with Crippen LogP contribution in [0.25, 0.3) is 0 Å². The SMILES string of the molecule is C1CC(c2noc(CC3CNCCO3)n2)C1. The molecule has 2 aliphatic rings. The summed E-state index contributed by atoms with van der Waals surface area (Å²) in [6, 6.07) is 0. The zero-order chi connectivity index (χ0) is 10.8. The van der Waals surface area contributed by atoms with Gasteiger partial charge in [-0.2, -0.15) is 4.98 Å². The molecule has 1 N–H and O–H groups in total. The van der Waals surface area contributed by atoms with Gasteiger partial charge >= 0.3 is 0 Å². The smallest absolute Gasteiger partial charge is 0.229 e. The van der Waals surface area contributed by atoms with Crippen LogP contribution in [0.5, 0.6) is 0 Å². The van der Waals surface area contributed by atoms with Gasteiger partial charge in [0.25, 0.3) is 0 Å². The lowest BCUT2D eigenvalue weighted by atomic mass is 9.85. The molecular formula is C11H17N3O2. The van der Waals surface area contributed by atoms with E-state index < -0.39 is 0 Å². The lowest BCUT2D eigenvalue weighted by Gasteiger charge is -2.22. The van der Waals surface area contributed by atoms with E-state index in [1.165, 1.54) is 19.3 Å². The molecule has 0 spiro atoms. The summed E-state index contributed by atoms with van der Waals surface area (Å²) in [7, 11) is 0. The van der Waals surface area contributed by atoms with E-state index in [-0.39, 0.29) is 6.10 Å². The van der Waals surface area contributed by atoms with Crippen molar-refractivity contribution in [3.05, 3.63) is 11.7 Å². The molecule has 0 aromatic carbocycles. The molecule has 5 nitrogen and oxygen atoms in total. The Labute approximate surface area is 94.6 Å². The lowest BCUT2D eigenvalue weighted by Crippen LogP contribution is -2.39. The third kappa shape index (κ3) is 2.10. The maximum Gasteiger partial charge on any atom is 0.229 e. The monoisotopic (exact) mass is 223 g/mol. The second kappa shape index (κ2) is 4.51. The van der Waals surface area contributed by atoms with E-state index in [2.05, 4.69) is 15.5 Å². The van der Waals surface area contributed by atoms with E-state index in [1.54, 1.807) is 0 Å². The van der Waals surface area contributed by atoms with E-state index >= 15 is 0 Å². The molecule has 5 heteroatoms. The Balaban J connectivity index is 1.58. The molecule has 2 fully saturated rings. The molecular weight excluding hydrogens is 206 g/mol. The zero-order valence-electron chi connectivity index (χ0n) is 9.32. The summed E-state index contributed by atoms with van der Waals surface area (Å²) in [5.74, 6) is 2.16. The van der Waals surface area contributed by atoms with E-state index in [0.29, 0.717) is 5.92 Å². The molecule has 3 rings (SSSR count). The number of aromatic nitrogens is 2. The number of nitrogens with one attached hydrogen (secondary N) is 1. The number of hydrogen-bond acceptors (Lipinski definition) is 5.